The van der Waals surface area contributed by atoms with Crippen LogP contribution in [0.15, 0.2) is 42.0 Å². The summed E-state index contributed by atoms with van der Waals surface area (Å²) in [5.74, 6) is -0.226. The summed E-state index contributed by atoms with van der Waals surface area (Å²) in [4.78, 5) is 23.7. The molecule has 2 atom stereocenters. The van der Waals surface area contributed by atoms with Gasteiger partial charge in [0.25, 0.3) is 0 Å². The molecule has 0 aromatic heterocycles. The smallest absolute Gasteiger partial charge is 0.383 e. The molecule has 0 aliphatic carbocycles. The maximum absolute atomic E-state index is 13.5. The second-order valence-electron chi connectivity index (χ2n) is 9.10. The zero-order valence-electron chi connectivity index (χ0n) is 22.9. The Morgan fingerprint density at radius 2 is 2.00 bits per heavy atom. The molecule has 1 aliphatic heterocycles. The quantitative estimate of drug-likeness (QED) is 0.106. The number of nitrogens with one attached hydrogen (secondary N) is 1. The predicted octanol–water partition coefficient (Wildman–Crippen LogP) is 5.05. The molecule has 1 unspecified atom stereocenters. The summed E-state index contributed by atoms with van der Waals surface area (Å²) in [5, 5.41) is 14.0. The topological polar surface area (TPSA) is 130 Å². The van der Waals surface area contributed by atoms with Gasteiger partial charge in [0, 0.05) is 30.6 Å². The Bertz CT molecular complexity index is 1260. The molecule has 11 heteroatoms. The number of hydrogen-bond acceptors (Lipinski definition) is 10. The van der Waals surface area contributed by atoms with Crippen LogP contribution in [0, 0.1) is 6.92 Å². The first-order chi connectivity index (χ1) is 18.6. The van der Waals surface area contributed by atoms with E-state index in [-0.39, 0.29) is 30.5 Å². The minimum atomic E-state index is -3.68. The van der Waals surface area contributed by atoms with Crippen molar-refractivity contribution < 1.29 is 42.5 Å². The van der Waals surface area contributed by atoms with Crippen molar-refractivity contribution >= 4 is 19.5 Å². The van der Waals surface area contributed by atoms with Gasteiger partial charge in [-0.2, -0.15) is 0 Å². The van der Waals surface area contributed by atoms with Crippen molar-refractivity contribution in [3.05, 3.63) is 64.2 Å². The van der Waals surface area contributed by atoms with E-state index in [0.717, 1.165) is 11.1 Å². The summed E-state index contributed by atoms with van der Waals surface area (Å²) < 4.78 is 40.5. The number of hydrogen-bond donors (Lipinski definition) is 2. The van der Waals surface area contributed by atoms with E-state index in [4.69, 9.17) is 23.3 Å². The summed E-state index contributed by atoms with van der Waals surface area (Å²) >= 11 is 0. The zero-order chi connectivity index (χ0) is 28.6. The van der Waals surface area contributed by atoms with Crippen LogP contribution < -0.4 is 14.6 Å². The van der Waals surface area contributed by atoms with Gasteiger partial charge in [0.2, 0.25) is 6.29 Å². The first-order valence-electron chi connectivity index (χ1n) is 12.7. The van der Waals surface area contributed by atoms with Crippen molar-refractivity contribution in [2.75, 3.05) is 26.4 Å². The number of carbonyl (C=O) groups excluding carboxylic acids is 2. The summed E-state index contributed by atoms with van der Waals surface area (Å²) in [7, 11) is -2.15. The first-order valence-corrected chi connectivity index (χ1v) is 14.5. The number of allylic oxidation sites excluding steroid dienone is 1. The molecule has 0 saturated heterocycles. The Hall–Kier alpha value is -3.33. The van der Waals surface area contributed by atoms with Gasteiger partial charge in [0.15, 0.2) is 0 Å². The molecule has 0 bridgehead atoms. The van der Waals surface area contributed by atoms with Crippen LogP contribution >= 0.6 is 7.60 Å². The van der Waals surface area contributed by atoms with E-state index < -0.39 is 25.8 Å². The number of cyclic esters (lactones) is 1. The van der Waals surface area contributed by atoms with Crippen LogP contribution in [-0.4, -0.2) is 49.7 Å². The predicted molar refractivity (Wildman–Crippen MR) is 145 cm³/mol. The van der Waals surface area contributed by atoms with E-state index in [1.54, 1.807) is 31.2 Å². The number of para-hydroxylation sites is 1. The molecule has 212 valence electrons. The summed E-state index contributed by atoms with van der Waals surface area (Å²) in [6.45, 7) is 7.77. The van der Waals surface area contributed by atoms with E-state index in [1.807, 2.05) is 26.0 Å². The number of rotatable bonds is 14. The van der Waals surface area contributed by atoms with Gasteiger partial charge in [0.05, 0.1) is 13.3 Å². The van der Waals surface area contributed by atoms with Gasteiger partial charge in [-0.25, -0.2) is 9.36 Å². The Morgan fingerprint density at radius 3 is 2.67 bits per heavy atom. The Kier molecular flexibility index (Phi) is 10.6. The standard InChI is InChI=1S/C28H36NO9P/c1-6-24(30)36-20(4)37-39(33,38-21-10-8-7-9-11-21)15-14-29-16-18(2)12-13-22-26(31)25-23(17-35-28(25)32)19(3)27(22)34-5/h7-12,20,29,31H,6,13-17H2,1-5H3/t20-,39?/m0/s1. The van der Waals surface area contributed by atoms with Gasteiger partial charge >= 0.3 is 19.5 Å². The third-order valence-electron chi connectivity index (χ3n) is 6.15. The number of phenolic OH excluding ortho intramolecular Hbond substituents is 1. The molecule has 1 heterocycles. The first kappa shape index (κ1) is 30.2. The van der Waals surface area contributed by atoms with E-state index in [1.165, 1.54) is 14.0 Å². The third-order valence-corrected chi connectivity index (χ3v) is 8.03. The molecule has 0 amide bonds. The fraction of sp³-hybridized carbons (Fsp3) is 0.429. The van der Waals surface area contributed by atoms with Gasteiger partial charge in [-0.15, -0.1) is 0 Å². The molecule has 2 aromatic carbocycles. The van der Waals surface area contributed by atoms with E-state index in [2.05, 4.69) is 5.32 Å². The van der Waals surface area contributed by atoms with Crippen molar-refractivity contribution in [2.45, 2.75) is 53.4 Å². The van der Waals surface area contributed by atoms with Crippen molar-refractivity contribution in [3.8, 4) is 17.2 Å². The Labute approximate surface area is 228 Å². The number of methoxy groups -OCH3 is 1. The number of aromatic hydroxyl groups is 1. The second kappa shape index (κ2) is 13.6. The molecule has 1 aliphatic rings. The van der Waals surface area contributed by atoms with Gasteiger partial charge in [-0.3, -0.25) is 9.32 Å². The molecular weight excluding hydrogens is 525 g/mol. The number of carbonyl (C=O) groups is 2. The lowest BCUT2D eigenvalue weighted by Crippen LogP contribution is -2.24. The normalized spacial score (nSPS) is 15.2. The highest BCUT2D eigenvalue weighted by atomic mass is 31.2. The Morgan fingerprint density at radius 1 is 1.28 bits per heavy atom. The molecule has 0 fully saturated rings. The van der Waals surface area contributed by atoms with Crippen molar-refractivity contribution in [1.29, 1.82) is 0 Å². The average molecular weight is 562 g/mol. The van der Waals surface area contributed by atoms with E-state index in [0.29, 0.717) is 42.1 Å². The summed E-state index contributed by atoms with van der Waals surface area (Å²) in [6.07, 6.45) is 1.42. The number of fused-ring (bicyclic) bond motifs is 1. The molecule has 0 saturated carbocycles. The van der Waals surface area contributed by atoms with Crippen LogP contribution in [0.5, 0.6) is 17.2 Å². The lowest BCUT2D eigenvalue weighted by Gasteiger charge is -2.23. The minimum absolute atomic E-state index is 0.0317. The van der Waals surface area contributed by atoms with Gasteiger partial charge in [-0.1, -0.05) is 36.8 Å². The van der Waals surface area contributed by atoms with Gasteiger partial charge in [0.1, 0.15) is 29.4 Å². The van der Waals surface area contributed by atoms with E-state index in [9.17, 15) is 19.3 Å². The molecule has 10 nitrogen and oxygen atoms in total. The largest absolute Gasteiger partial charge is 0.507 e. The summed E-state index contributed by atoms with van der Waals surface area (Å²) in [6, 6.07) is 8.66. The number of benzene rings is 2. The SMILES string of the molecule is CCC(=O)O[C@H](C)OP(=O)(CCNCC(C)=CCc1c(O)c2c(c(C)c1OC)COC2=O)Oc1ccccc1. The zero-order valence-corrected chi connectivity index (χ0v) is 23.8. The molecular formula is C28H36NO9P. The van der Waals surface area contributed by atoms with Crippen LogP contribution in [-0.2, 0) is 36.4 Å². The van der Waals surface area contributed by atoms with Crippen LogP contribution in [0.3, 0.4) is 0 Å². The second-order valence-corrected chi connectivity index (χ2v) is 11.2. The highest BCUT2D eigenvalue weighted by Crippen LogP contribution is 2.49. The highest BCUT2D eigenvalue weighted by Gasteiger charge is 2.32. The van der Waals surface area contributed by atoms with Crippen LogP contribution in [0.1, 0.15) is 54.2 Å². The van der Waals surface area contributed by atoms with Gasteiger partial charge < -0.3 is 29.2 Å². The lowest BCUT2D eigenvalue weighted by atomic mass is 9.95. The van der Waals surface area contributed by atoms with Crippen LogP contribution in [0.25, 0.3) is 0 Å². The average Bonchev–Trinajstić information content (AvgIpc) is 3.30. The fourth-order valence-electron chi connectivity index (χ4n) is 4.16. The lowest BCUT2D eigenvalue weighted by molar-refractivity contribution is -0.161. The van der Waals surface area contributed by atoms with Crippen LogP contribution in [0.4, 0.5) is 0 Å². The maximum atomic E-state index is 13.5. The molecule has 2 aromatic rings. The number of phenols is 1. The third kappa shape index (κ3) is 7.85. The molecule has 3 rings (SSSR count). The molecule has 0 spiro atoms. The highest BCUT2D eigenvalue weighted by molar-refractivity contribution is 7.54. The van der Waals surface area contributed by atoms with Crippen LogP contribution in [0.2, 0.25) is 0 Å². The van der Waals surface area contributed by atoms with Gasteiger partial charge in [-0.05, 0) is 44.9 Å². The fourth-order valence-corrected chi connectivity index (χ4v) is 5.77. The molecule has 0 radical (unpaired) electrons. The molecule has 2 N–H and O–H groups in total. The summed E-state index contributed by atoms with van der Waals surface area (Å²) in [5.41, 5.74) is 3.06. The van der Waals surface area contributed by atoms with E-state index >= 15 is 0 Å². The van der Waals surface area contributed by atoms with Crippen molar-refractivity contribution in [3.63, 3.8) is 0 Å². The number of esters is 2. The monoisotopic (exact) mass is 561 g/mol. The maximum Gasteiger partial charge on any atom is 0.383 e. The van der Waals surface area contributed by atoms with Crippen molar-refractivity contribution in [2.24, 2.45) is 0 Å². The minimum Gasteiger partial charge on any atom is -0.507 e. The molecule has 39 heavy (non-hydrogen) atoms. The number of ether oxygens (including phenoxy) is 3. The van der Waals surface area contributed by atoms with Crippen molar-refractivity contribution in [1.82, 2.24) is 5.32 Å². The Balaban J connectivity index is 1.63.